The SMILES string of the molecule is O=P(O)(O)CC1(CP(=O)(O)O)CCCCCCCNNNN1. The van der Waals surface area contributed by atoms with E-state index in [0.29, 0.717) is 13.0 Å². The summed E-state index contributed by atoms with van der Waals surface area (Å²) in [5.74, 6) is 0. The number of hydrogen-bond acceptors (Lipinski definition) is 6. The van der Waals surface area contributed by atoms with Crippen LogP contribution in [0.5, 0.6) is 0 Å². The van der Waals surface area contributed by atoms with Crippen molar-refractivity contribution < 1.29 is 28.7 Å². The van der Waals surface area contributed by atoms with Crippen molar-refractivity contribution in [3.63, 3.8) is 0 Å². The molecule has 0 saturated carbocycles. The summed E-state index contributed by atoms with van der Waals surface area (Å²) in [6, 6.07) is 0. The zero-order chi connectivity index (χ0) is 16.7. The Balaban J connectivity index is 2.88. The fraction of sp³-hybridized carbons (Fsp3) is 1.00. The van der Waals surface area contributed by atoms with Crippen LogP contribution >= 0.6 is 15.2 Å². The van der Waals surface area contributed by atoms with Gasteiger partial charge in [-0.1, -0.05) is 25.7 Å². The molecule has 0 atom stereocenters. The van der Waals surface area contributed by atoms with Crippen molar-refractivity contribution in [2.45, 2.75) is 44.1 Å². The Bertz CT molecular complexity index is 388. The normalized spacial score (nSPS) is 22.5. The summed E-state index contributed by atoms with van der Waals surface area (Å²) in [6.07, 6.45) is 3.40. The van der Waals surface area contributed by atoms with Crippen molar-refractivity contribution in [1.29, 1.82) is 0 Å². The molecule has 0 spiro atoms. The van der Waals surface area contributed by atoms with Gasteiger partial charge in [0.15, 0.2) is 0 Å². The Morgan fingerprint density at radius 1 is 0.818 bits per heavy atom. The molecule has 1 aliphatic heterocycles. The molecule has 12 heteroatoms. The lowest BCUT2D eigenvalue weighted by Gasteiger charge is -2.35. The molecular weight excluding hydrogens is 334 g/mol. The fourth-order valence-electron chi connectivity index (χ4n) is 2.62. The van der Waals surface area contributed by atoms with E-state index in [4.69, 9.17) is 0 Å². The topological polar surface area (TPSA) is 163 Å². The van der Waals surface area contributed by atoms with Crippen LogP contribution in [0.2, 0.25) is 0 Å². The van der Waals surface area contributed by atoms with Gasteiger partial charge in [0.25, 0.3) is 0 Å². The average molecular weight is 360 g/mol. The van der Waals surface area contributed by atoms with Crippen molar-refractivity contribution >= 4 is 15.2 Å². The largest absolute Gasteiger partial charge is 0.327 e. The number of nitrogens with one attached hydrogen (secondary N) is 4. The summed E-state index contributed by atoms with van der Waals surface area (Å²) < 4.78 is 22.8. The van der Waals surface area contributed by atoms with Gasteiger partial charge in [-0.3, -0.25) is 9.13 Å². The minimum atomic E-state index is -4.46. The molecule has 0 aromatic carbocycles. The fourth-order valence-corrected chi connectivity index (χ4v) is 5.07. The van der Waals surface area contributed by atoms with Gasteiger partial charge in [-0.25, -0.2) is 10.9 Å². The van der Waals surface area contributed by atoms with Gasteiger partial charge in [0.1, 0.15) is 0 Å². The predicted octanol–water partition coefficient (Wildman–Crippen LogP) is -0.462. The third-order valence-corrected chi connectivity index (χ3v) is 5.49. The quantitative estimate of drug-likeness (QED) is 0.308. The first-order chi connectivity index (χ1) is 10.1. The molecule has 0 amide bonds. The summed E-state index contributed by atoms with van der Waals surface area (Å²) in [4.78, 5) is 37.1. The predicted molar refractivity (Wildman–Crippen MR) is 81.7 cm³/mol. The van der Waals surface area contributed by atoms with Crippen molar-refractivity contribution in [1.82, 2.24) is 21.9 Å². The summed E-state index contributed by atoms with van der Waals surface area (Å²) in [7, 11) is -8.92. The van der Waals surface area contributed by atoms with Crippen LogP contribution in [0.15, 0.2) is 0 Å². The van der Waals surface area contributed by atoms with E-state index in [-0.39, 0.29) is 6.42 Å². The van der Waals surface area contributed by atoms with Gasteiger partial charge in [-0.2, -0.15) is 11.1 Å². The van der Waals surface area contributed by atoms with Gasteiger partial charge < -0.3 is 19.6 Å². The maximum atomic E-state index is 11.4. The van der Waals surface area contributed by atoms with Crippen LogP contribution in [-0.2, 0) is 9.13 Å². The van der Waals surface area contributed by atoms with Crippen molar-refractivity contribution in [3.05, 3.63) is 0 Å². The first-order valence-corrected chi connectivity index (χ1v) is 10.8. The van der Waals surface area contributed by atoms with E-state index in [0.717, 1.165) is 25.7 Å². The second kappa shape index (κ2) is 8.84. The summed E-state index contributed by atoms with van der Waals surface area (Å²) in [5.41, 5.74) is 9.27. The Morgan fingerprint density at radius 3 is 1.95 bits per heavy atom. The zero-order valence-electron chi connectivity index (χ0n) is 12.4. The number of hydrazine groups is 3. The number of hydrogen-bond donors (Lipinski definition) is 8. The third kappa shape index (κ3) is 9.32. The van der Waals surface area contributed by atoms with Crippen LogP contribution in [-0.4, -0.2) is 44.0 Å². The van der Waals surface area contributed by atoms with Crippen LogP contribution in [0, 0.1) is 0 Å². The molecular formula is C10H26N4O6P2. The smallest absolute Gasteiger partial charge is 0.324 e. The highest BCUT2D eigenvalue weighted by Gasteiger charge is 2.41. The zero-order valence-corrected chi connectivity index (χ0v) is 14.2. The van der Waals surface area contributed by atoms with E-state index in [1.165, 1.54) is 0 Å². The molecule has 0 aliphatic carbocycles. The van der Waals surface area contributed by atoms with Crippen LogP contribution in [0.3, 0.4) is 0 Å². The van der Waals surface area contributed by atoms with Crippen molar-refractivity contribution in [2.75, 3.05) is 18.9 Å². The lowest BCUT2D eigenvalue weighted by molar-refractivity contribution is 0.230. The van der Waals surface area contributed by atoms with Gasteiger partial charge in [0, 0.05) is 6.54 Å². The third-order valence-electron chi connectivity index (χ3n) is 3.45. The average Bonchev–Trinajstić information content (AvgIpc) is 2.29. The molecule has 22 heavy (non-hydrogen) atoms. The maximum Gasteiger partial charge on any atom is 0.327 e. The molecule has 132 valence electrons. The Hall–Kier alpha value is 0.140. The van der Waals surface area contributed by atoms with Gasteiger partial charge in [-0.05, 0) is 12.8 Å². The molecule has 1 fully saturated rings. The molecule has 0 bridgehead atoms. The maximum absolute atomic E-state index is 11.4. The van der Waals surface area contributed by atoms with Gasteiger partial charge >= 0.3 is 15.2 Å². The molecule has 0 radical (unpaired) electrons. The highest BCUT2D eigenvalue weighted by molar-refractivity contribution is 7.53. The standard InChI is InChI=1S/C10H26N4O6P2/c15-21(16,17)8-10(9-22(18,19)20)6-4-2-1-3-5-7-11-13-14-12-10/h11-14H,1-9H2,(H2,15,16,17)(H2,18,19,20). The monoisotopic (exact) mass is 360 g/mol. The lowest BCUT2D eigenvalue weighted by Crippen LogP contribution is -2.63. The first-order valence-electron chi connectivity index (χ1n) is 7.21. The molecule has 8 N–H and O–H groups in total. The van der Waals surface area contributed by atoms with Crippen molar-refractivity contribution in [3.8, 4) is 0 Å². The molecule has 1 aliphatic rings. The van der Waals surface area contributed by atoms with Crippen LogP contribution in [0.4, 0.5) is 0 Å². The van der Waals surface area contributed by atoms with E-state index in [1.807, 2.05) is 0 Å². The van der Waals surface area contributed by atoms with Crippen LogP contribution in [0.25, 0.3) is 0 Å². The highest BCUT2D eigenvalue weighted by atomic mass is 31.2. The molecule has 1 heterocycles. The van der Waals surface area contributed by atoms with Gasteiger partial charge in [0.2, 0.25) is 0 Å². The second-order valence-corrected chi connectivity index (χ2v) is 9.04. The Kier molecular flexibility index (Phi) is 8.11. The minimum Gasteiger partial charge on any atom is -0.324 e. The molecule has 1 saturated heterocycles. The van der Waals surface area contributed by atoms with Crippen molar-refractivity contribution in [2.24, 2.45) is 0 Å². The Morgan fingerprint density at radius 2 is 1.36 bits per heavy atom. The molecule has 1 rings (SSSR count). The van der Waals surface area contributed by atoms with E-state index >= 15 is 0 Å². The van der Waals surface area contributed by atoms with Gasteiger partial charge in [0.05, 0.1) is 17.9 Å². The molecule has 0 aromatic rings. The number of rotatable bonds is 4. The molecule has 0 unspecified atom stereocenters. The second-order valence-electron chi connectivity index (χ2n) is 5.75. The van der Waals surface area contributed by atoms with E-state index < -0.39 is 33.1 Å². The summed E-state index contributed by atoms with van der Waals surface area (Å²) in [5, 5.41) is 0. The van der Waals surface area contributed by atoms with Gasteiger partial charge in [-0.15, -0.1) is 0 Å². The highest BCUT2D eigenvalue weighted by Crippen LogP contribution is 2.46. The van der Waals surface area contributed by atoms with E-state index in [2.05, 4.69) is 21.9 Å². The summed E-state index contributed by atoms with van der Waals surface area (Å²) >= 11 is 0. The first kappa shape index (κ1) is 20.2. The minimum absolute atomic E-state index is 0.248. The van der Waals surface area contributed by atoms with Crippen LogP contribution in [0.1, 0.15) is 38.5 Å². The van der Waals surface area contributed by atoms with E-state index in [1.54, 1.807) is 0 Å². The lowest BCUT2D eigenvalue weighted by atomic mass is 9.96. The Labute approximate surface area is 129 Å². The van der Waals surface area contributed by atoms with E-state index in [9.17, 15) is 28.7 Å². The van der Waals surface area contributed by atoms with Crippen LogP contribution < -0.4 is 21.9 Å². The molecule has 0 aromatic heterocycles. The summed E-state index contributed by atoms with van der Waals surface area (Å²) in [6.45, 7) is 0.707. The molecule has 10 nitrogen and oxygen atoms in total.